The van der Waals surface area contributed by atoms with Crippen LogP contribution in [0, 0.1) is 5.92 Å². The lowest BCUT2D eigenvalue weighted by Gasteiger charge is -2.25. The Kier molecular flexibility index (Phi) is 9.59. The zero-order valence-corrected chi connectivity index (χ0v) is 16.6. The average molecular weight is 410 g/mol. The molecule has 0 aliphatic carbocycles. The molecule has 1 aromatic rings. The summed E-state index contributed by atoms with van der Waals surface area (Å²) in [6.07, 6.45) is 3.75. The Bertz CT molecular complexity index is 700. The number of carbonyl (C=O) groups excluding carboxylic acids is 2. The van der Waals surface area contributed by atoms with Crippen LogP contribution < -0.4 is 27.8 Å². The first kappa shape index (κ1) is 23.9. The summed E-state index contributed by atoms with van der Waals surface area (Å²) in [7, 11) is 0. The molecule has 1 heterocycles. The summed E-state index contributed by atoms with van der Waals surface area (Å²) in [6.45, 7) is 3.72. The SMILES string of the molecule is CC(C)C(NC(=O)C(N)Cc1cnc[nH]1)C(=O)NC(CCCN=C(N)N)C(=O)O. The molecular formula is C17H30N8O4. The number of carboxylic acids is 1. The second-order valence-corrected chi connectivity index (χ2v) is 6.97. The van der Waals surface area contributed by atoms with Crippen molar-refractivity contribution in [2.75, 3.05) is 6.54 Å². The van der Waals surface area contributed by atoms with E-state index in [4.69, 9.17) is 17.2 Å². The predicted octanol–water partition coefficient (Wildman–Crippen LogP) is -1.96. The number of imidazole rings is 1. The number of H-pyrrole nitrogens is 1. The van der Waals surface area contributed by atoms with Crippen molar-refractivity contribution in [1.29, 1.82) is 0 Å². The van der Waals surface area contributed by atoms with Crippen molar-refractivity contribution in [1.82, 2.24) is 20.6 Å². The molecule has 1 rings (SSSR count). The number of hydrogen-bond acceptors (Lipinski definition) is 6. The van der Waals surface area contributed by atoms with Gasteiger partial charge in [-0.3, -0.25) is 14.6 Å². The van der Waals surface area contributed by atoms with Crippen molar-refractivity contribution in [3.05, 3.63) is 18.2 Å². The maximum absolute atomic E-state index is 12.6. The Labute approximate surface area is 168 Å². The number of nitrogens with one attached hydrogen (secondary N) is 3. The molecule has 10 N–H and O–H groups in total. The number of amides is 2. The fourth-order valence-corrected chi connectivity index (χ4v) is 2.54. The second-order valence-electron chi connectivity index (χ2n) is 6.97. The number of nitrogens with zero attached hydrogens (tertiary/aromatic N) is 2. The molecule has 0 saturated heterocycles. The number of aromatic nitrogens is 2. The average Bonchev–Trinajstić information content (AvgIpc) is 3.13. The molecular weight excluding hydrogens is 380 g/mol. The number of guanidine groups is 1. The van der Waals surface area contributed by atoms with Crippen LogP contribution in [-0.2, 0) is 20.8 Å². The predicted molar refractivity (Wildman–Crippen MR) is 107 cm³/mol. The normalized spacial score (nSPS) is 13.9. The Morgan fingerprint density at radius 3 is 2.45 bits per heavy atom. The van der Waals surface area contributed by atoms with Gasteiger partial charge in [0.05, 0.1) is 12.4 Å². The number of carbonyl (C=O) groups is 3. The van der Waals surface area contributed by atoms with Gasteiger partial charge < -0.3 is 37.9 Å². The first-order chi connectivity index (χ1) is 13.6. The van der Waals surface area contributed by atoms with Crippen LogP contribution in [0.2, 0.25) is 0 Å². The molecule has 0 aliphatic heterocycles. The minimum Gasteiger partial charge on any atom is -0.480 e. The van der Waals surface area contributed by atoms with Crippen LogP contribution in [0.1, 0.15) is 32.4 Å². The minimum atomic E-state index is -1.19. The van der Waals surface area contributed by atoms with Gasteiger partial charge in [-0.25, -0.2) is 9.78 Å². The highest BCUT2D eigenvalue weighted by molar-refractivity contribution is 5.92. The number of aliphatic imine (C=N–C) groups is 1. The van der Waals surface area contributed by atoms with E-state index in [0.717, 1.165) is 0 Å². The van der Waals surface area contributed by atoms with E-state index in [-0.39, 0.29) is 31.3 Å². The highest BCUT2D eigenvalue weighted by Crippen LogP contribution is 2.06. The Balaban J connectivity index is 2.67. The third-order valence-corrected chi connectivity index (χ3v) is 4.14. The summed E-state index contributed by atoms with van der Waals surface area (Å²) in [4.78, 5) is 46.9. The molecule has 1 aromatic heterocycles. The van der Waals surface area contributed by atoms with E-state index in [2.05, 4.69) is 25.6 Å². The lowest BCUT2D eigenvalue weighted by atomic mass is 10.0. The van der Waals surface area contributed by atoms with Gasteiger partial charge in [-0.2, -0.15) is 0 Å². The van der Waals surface area contributed by atoms with Crippen LogP contribution in [0.4, 0.5) is 0 Å². The number of hydrogen-bond donors (Lipinski definition) is 7. The van der Waals surface area contributed by atoms with E-state index in [1.54, 1.807) is 20.0 Å². The van der Waals surface area contributed by atoms with Gasteiger partial charge in [0.15, 0.2) is 5.96 Å². The number of aromatic amines is 1. The lowest BCUT2D eigenvalue weighted by Crippen LogP contribution is -2.56. The molecule has 3 atom stereocenters. The molecule has 0 bridgehead atoms. The van der Waals surface area contributed by atoms with Gasteiger partial charge in [0, 0.05) is 24.9 Å². The summed E-state index contributed by atoms with van der Waals surface area (Å²) in [6, 6.07) is -2.96. The van der Waals surface area contributed by atoms with Crippen molar-refractivity contribution < 1.29 is 19.5 Å². The molecule has 0 aromatic carbocycles. The first-order valence-electron chi connectivity index (χ1n) is 9.23. The van der Waals surface area contributed by atoms with E-state index in [9.17, 15) is 19.5 Å². The Morgan fingerprint density at radius 1 is 1.24 bits per heavy atom. The highest BCUT2D eigenvalue weighted by Gasteiger charge is 2.29. The molecule has 0 spiro atoms. The molecule has 12 nitrogen and oxygen atoms in total. The van der Waals surface area contributed by atoms with Gasteiger partial charge in [-0.05, 0) is 18.8 Å². The van der Waals surface area contributed by atoms with Crippen LogP contribution in [0.25, 0.3) is 0 Å². The fourth-order valence-electron chi connectivity index (χ4n) is 2.54. The van der Waals surface area contributed by atoms with E-state index >= 15 is 0 Å². The van der Waals surface area contributed by atoms with Crippen molar-refractivity contribution in [3.8, 4) is 0 Å². The molecule has 0 fully saturated rings. The summed E-state index contributed by atoms with van der Waals surface area (Å²) >= 11 is 0. The molecule has 2 amide bonds. The van der Waals surface area contributed by atoms with Crippen molar-refractivity contribution in [2.24, 2.45) is 28.1 Å². The largest absolute Gasteiger partial charge is 0.480 e. The minimum absolute atomic E-state index is 0.0880. The molecule has 0 saturated carbocycles. The number of aliphatic carboxylic acids is 1. The molecule has 29 heavy (non-hydrogen) atoms. The standard InChI is InChI=1S/C17H30N8O4/c1-9(2)13(25-14(26)11(18)6-10-7-21-8-23-10)15(27)24-12(16(28)29)4-3-5-22-17(19)20/h7-9,11-13H,3-6,18H2,1-2H3,(H,21,23)(H,24,27)(H,25,26)(H,28,29)(H4,19,20,22). The van der Waals surface area contributed by atoms with Gasteiger partial charge in [0.2, 0.25) is 11.8 Å². The third-order valence-electron chi connectivity index (χ3n) is 4.14. The number of nitrogens with two attached hydrogens (primary N) is 3. The van der Waals surface area contributed by atoms with Gasteiger partial charge in [-0.15, -0.1) is 0 Å². The second kappa shape index (κ2) is 11.6. The smallest absolute Gasteiger partial charge is 0.326 e. The molecule has 0 radical (unpaired) electrons. The zero-order valence-electron chi connectivity index (χ0n) is 16.6. The van der Waals surface area contributed by atoms with Crippen molar-refractivity contribution in [2.45, 2.75) is 51.2 Å². The van der Waals surface area contributed by atoms with E-state index in [0.29, 0.717) is 12.1 Å². The van der Waals surface area contributed by atoms with Crippen LogP contribution in [0.15, 0.2) is 17.5 Å². The molecule has 162 valence electrons. The molecule has 3 unspecified atom stereocenters. The first-order valence-corrected chi connectivity index (χ1v) is 9.23. The fraction of sp³-hybridized carbons (Fsp3) is 0.588. The summed E-state index contributed by atoms with van der Waals surface area (Å²) < 4.78 is 0. The Hall–Kier alpha value is -3.15. The summed E-state index contributed by atoms with van der Waals surface area (Å²) in [5.41, 5.74) is 17.0. The van der Waals surface area contributed by atoms with Crippen molar-refractivity contribution >= 4 is 23.7 Å². The van der Waals surface area contributed by atoms with Gasteiger partial charge in [0.25, 0.3) is 0 Å². The maximum atomic E-state index is 12.6. The number of carboxylic acid groups (broad SMARTS) is 1. The monoisotopic (exact) mass is 410 g/mol. The topological polar surface area (TPSA) is 215 Å². The van der Waals surface area contributed by atoms with Crippen LogP contribution in [0.3, 0.4) is 0 Å². The van der Waals surface area contributed by atoms with Crippen LogP contribution >= 0.6 is 0 Å². The number of rotatable bonds is 12. The van der Waals surface area contributed by atoms with Gasteiger partial charge >= 0.3 is 5.97 Å². The van der Waals surface area contributed by atoms with E-state index < -0.39 is 35.9 Å². The van der Waals surface area contributed by atoms with Crippen LogP contribution in [0.5, 0.6) is 0 Å². The lowest BCUT2D eigenvalue weighted by molar-refractivity contribution is -0.142. The van der Waals surface area contributed by atoms with Crippen LogP contribution in [-0.4, -0.2) is 63.5 Å². The van der Waals surface area contributed by atoms with Crippen molar-refractivity contribution in [3.63, 3.8) is 0 Å². The van der Waals surface area contributed by atoms with Gasteiger partial charge in [0.1, 0.15) is 12.1 Å². The Morgan fingerprint density at radius 2 is 1.93 bits per heavy atom. The maximum Gasteiger partial charge on any atom is 0.326 e. The molecule has 0 aliphatic rings. The quantitative estimate of drug-likeness (QED) is 0.116. The summed E-state index contributed by atoms with van der Waals surface area (Å²) in [5.74, 6) is -2.68. The van der Waals surface area contributed by atoms with E-state index in [1.165, 1.54) is 6.33 Å². The summed E-state index contributed by atoms with van der Waals surface area (Å²) in [5, 5.41) is 14.4. The third kappa shape index (κ3) is 8.60. The molecule has 12 heteroatoms. The zero-order chi connectivity index (χ0) is 22.0. The highest BCUT2D eigenvalue weighted by atomic mass is 16.4. The van der Waals surface area contributed by atoms with Gasteiger partial charge in [-0.1, -0.05) is 13.8 Å². The van der Waals surface area contributed by atoms with E-state index in [1.807, 2.05) is 0 Å².